The minimum Gasteiger partial charge on any atom is -0.481 e. The lowest BCUT2D eigenvalue weighted by Gasteiger charge is -2.17. The minimum absolute atomic E-state index is 0.0216. The number of amidine groups is 1. The fourth-order valence-corrected chi connectivity index (χ4v) is 3.01. The summed E-state index contributed by atoms with van der Waals surface area (Å²) in [6, 6.07) is 12.2. The van der Waals surface area contributed by atoms with Gasteiger partial charge in [0.2, 0.25) is 11.8 Å². The Morgan fingerprint density at radius 1 is 1.00 bits per heavy atom. The molecule has 0 atom stereocenters. The number of hydrogen-bond donors (Lipinski definition) is 0. The summed E-state index contributed by atoms with van der Waals surface area (Å²) >= 11 is 0. The average molecular weight is 354 g/mol. The molecular weight excluding hydrogens is 341 g/mol. The van der Waals surface area contributed by atoms with E-state index in [1.165, 1.54) is 20.3 Å². The van der Waals surface area contributed by atoms with E-state index >= 15 is 0 Å². The monoisotopic (exact) mass is 354 g/mol. The first kappa shape index (κ1) is 16.3. The molecule has 0 bridgehead atoms. The Balaban J connectivity index is 1.94. The Morgan fingerprint density at radius 3 is 2.27 bits per heavy atom. The van der Waals surface area contributed by atoms with Gasteiger partial charge in [-0.3, -0.25) is 8.63 Å². The molecule has 0 spiro atoms. The van der Waals surface area contributed by atoms with Gasteiger partial charge >= 0.3 is 7.40 Å². The molecule has 0 saturated heterocycles. The highest BCUT2D eigenvalue weighted by Crippen LogP contribution is 2.39. The summed E-state index contributed by atoms with van der Waals surface area (Å²) in [6.07, 6.45) is 0. The van der Waals surface area contributed by atoms with Crippen molar-refractivity contribution in [2.75, 3.05) is 19.0 Å². The smallest absolute Gasteiger partial charge is 0.481 e. The molecule has 1 aromatic heterocycles. The van der Waals surface area contributed by atoms with Crippen LogP contribution in [-0.2, 0) is 0 Å². The van der Waals surface area contributed by atoms with Crippen LogP contribution < -0.4 is 14.3 Å². The molecule has 6 nitrogen and oxygen atoms in total. The molecule has 0 N–H and O–H groups in total. The maximum Gasteiger partial charge on any atom is 0.679 e. The molecule has 0 amide bonds. The van der Waals surface area contributed by atoms with Gasteiger partial charge in [0, 0.05) is 16.6 Å². The minimum atomic E-state index is -2.76. The van der Waals surface area contributed by atoms with E-state index in [0.29, 0.717) is 11.3 Å². The molecule has 0 aliphatic carbocycles. The summed E-state index contributed by atoms with van der Waals surface area (Å²) < 4.78 is 37.8. The van der Waals surface area contributed by atoms with Gasteiger partial charge in [-0.15, -0.1) is 0 Å². The van der Waals surface area contributed by atoms with E-state index in [9.17, 15) is 8.63 Å². The van der Waals surface area contributed by atoms with Crippen LogP contribution in [0.2, 0.25) is 0 Å². The number of ether oxygens (including phenoxy) is 2. The predicted octanol–water partition coefficient (Wildman–Crippen LogP) is 3.47. The highest BCUT2D eigenvalue weighted by Gasteiger charge is 2.38. The lowest BCUT2D eigenvalue weighted by atomic mass is 10.1. The molecule has 4 rings (SSSR count). The summed E-state index contributed by atoms with van der Waals surface area (Å²) in [5.74, 6) is 0.524. The Morgan fingerprint density at radius 2 is 1.65 bits per heavy atom. The third-order valence-corrected chi connectivity index (χ3v) is 4.10. The van der Waals surface area contributed by atoms with Crippen molar-refractivity contribution < 1.29 is 18.1 Å². The van der Waals surface area contributed by atoms with Crippen LogP contribution in [0, 0.1) is 0 Å². The summed E-state index contributed by atoms with van der Waals surface area (Å²) in [6.45, 7) is 0. The Hall–Kier alpha value is -3.23. The van der Waals surface area contributed by atoms with Crippen molar-refractivity contribution in [3.8, 4) is 11.8 Å². The van der Waals surface area contributed by atoms with Gasteiger partial charge in [0.1, 0.15) is 5.84 Å². The number of aliphatic imine (C=N–C) groups is 1. The van der Waals surface area contributed by atoms with Crippen LogP contribution in [0.15, 0.2) is 47.5 Å². The van der Waals surface area contributed by atoms with Gasteiger partial charge in [0.05, 0.1) is 20.3 Å². The molecule has 0 radical (unpaired) electrons. The van der Waals surface area contributed by atoms with E-state index in [0.717, 1.165) is 15.6 Å². The fourth-order valence-electron chi connectivity index (χ4n) is 3.01. The Labute approximate surface area is 148 Å². The Kier molecular flexibility index (Phi) is 3.91. The van der Waals surface area contributed by atoms with E-state index in [2.05, 4.69) is 15.0 Å². The molecule has 2 heterocycles. The van der Waals surface area contributed by atoms with E-state index in [4.69, 9.17) is 9.47 Å². The number of halogens is 2. The second kappa shape index (κ2) is 6.25. The van der Waals surface area contributed by atoms with Gasteiger partial charge in [-0.05, 0) is 11.5 Å². The van der Waals surface area contributed by atoms with Crippen molar-refractivity contribution in [2.24, 2.45) is 4.99 Å². The number of nitrogens with zero attached hydrogens (tertiary/aromatic N) is 4. The zero-order valence-electron chi connectivity index (χ0n) is 14.0. The summed E-state index contributed by atoms with van der Waals surface area (Å²) in [4.78, 5) is 13.4. The summed E-state index contributed by atoms with van der Waals surface area (Å²) in [5.41, 5.74) is 1.01. The molecule has 1 aliphatic rings. The molecule has 26 heavy (non-hydrogen) atoms. The molecule has 130 valence electrons. The van der Waals surface area contributed by atoms with Crippen molar-refractivity contribution in [3.63, 3.8) is 0 Å². The zero-order valence-corrected chi connectivity index (χ0v) is 14.0. The topological polar surface area (TPSA) is 59.8 Å². The number of hydrogen-bond acceptors (Lipinski definition) is 5. The van der Waals surface area contributed by atoms with E-state index < -0.39 is 7.40 Å². The van der Waals surface area contributed by atoms with E-state index in [1.54, 1.807) is 24.3 Å². The SMILES string of the molecule is COc1cc(OC)nc(/N=C2/c3cccc4cccc(c34)N2B(F)F)n1. The van der Waals surface area contributed by atoms with E-state index in [1.807, 2.05) is 12.1 Å². The quantitative estimate of drug-likeness (QED) is 0.672. The van der Waals surface area contributed by atoms with Gasteiger partial charge in [-0.1, -0.05) is 30.3 Å². The van der Waals surface area contributed by atoms with Crippen molar-refractivity contribution >= 4 is 35.6 Å². The highest BCUT2D eigenvalue weighted by atomic mass is 19.2. The van der Waals surface area contributed by atoms with Crippen LogP contribution in [0.5, 0.6) is 11.8 Å². The molecule has 0 unspecified atom stereocenters. The van der Waals surface area contributed by atoms with Crippen molar-refractivity contribution in [1.82, 2.24) is 9.97 Å². The number of benzene rings is 2. The van der Waals surface area contributed by atoms with E-state index in [-0.39, 0.29) is 23.5 Å². The largest absolute Gasteiger partial charge is 0.679 e. The van der Waals surface area contributed by atoms with Crippen molar-refractivity contribution in [3.05, 3.63) is 48.0 Å². The van der Waals surface area contributed by atoms with Gasteiger partial charge < -0.3 is 14.3 Å². The first-order chi connectivity index (χ1) is 12.6. The molecule has 2 aromatic carbocycles. The first-order valence-electron chi connectivity index (χ1n) is 7.77. The predicted molar refractivity (Wildman–Crippen MR) is 95.7 cm³/mol. The molecule has 9 heteroatoms. The molecule has 0 fully saturated rings. The van der Waals surface area contributed by atoms with Crippen LogP contribution in [0.25, 0.3) is 10.8 Å². The lowest BCUT2D eigenvalue weighted by molar-refractivity contribution is 0.372. The van der Waals surface area contributed by atoms with Crippen LogP contribution in [0.1, 0.15) is 5.56 Å². The first-order valence-corrected chi connectivity index (χ1v) is 7.77. The van der Waals surface area contributed by atoms with Crippen LogP contribution >= 0.6 is 0 Å². The van der Waals surface area contributed by atoms with Gasteiger partial charge in [0.25, 0.3) is 5.95 Å². The Bertz CT molecular complexity index is 1000. The number of aromatic nitrogens is 2. The number of rotatable bonds is 4. The second-order valence-electron chi connectivity index (χ2n) is 5.52. The third-order valence-electron chi connectivity index (χ3n) is 4.10. The van der Waals surface area contributed by atoms with Gasteiger partial charge in [-0.2, -0.15) is 15.0 Å². The molecule has 0 saturated carbocycles. The lowest BCUT2D eigenvalue weighted by Crippen LogP contribution is -2.36. The molecule has 1 aliphatic heterocycles. The van der Waals surface area contributed by atoms with Crippen molar-refractivity contribution in [2.45, 2.75) is 0 Å². The van der Waals surface area contributed by atoms with Crippen LogP contribution in [0.3, 0.4) is 0 Å². The number of methoxy groups -OCH3 is 2. The van der Waals surface area contributed by atoms with Crippen molar-refractivity contribution in [1.29, 1.82) is 0 Å². The van der Waals surface area contributed by atoms with Gasteiger partial charge in [0.15, 0.2) is 0 Å². The molecular formula is C17H13BF2N4O2. The third kappa shape index (κ3) is 2.52. The average Bonchev–Trinajstić information content (AvgIpc) is 2.97. The maximum absolute atomic E-state index is 13.8. The number of anilines is 1. The highest BCUT2D eigenvalue weighted by molar-refractivity contribution is 6.59. The molecule has 3 aromatic rings. The van der Waals surface area contributed by atoms with Crippen LogP contribution in [0.4, 0.5) is 20.3 Å². The van der Waals surface area contributed by atoms with Gasteiger partial charge in [-0.25, -0.2) is 0 Å². The van der Waals surface area contributed by atoms with Crippen LogP contribution in [-0.4, -0.2) is 37.4 Å². The second-order valence-corrected chi connectivity index (χ2v) is 5.52. The normalized spacial score (nSPS) is 14.2. The summed E-state index contributed by atoms with van der Waals surface area (Å²) in [7, 11) is 0.117. The standard InChI is InChI=1S/C17H13BF2N4O2/c1-25-13-9-14(26-2)22-17(21-13)23-16-11-7-3-5-10-6-4-8-12(15(10)11)24(16)18(19)20/h3-9H,1-2H3/b23-16-. The zero-order chi connectivity index (χ0) is 18.3. The summed E-state index contributed by atoms with van der Waals surface area (Å²) in [5, 5.41) is 1.59. The maximum atomic E-state index is 13.8. The fraction of sp³-hybridized carbons (Fsp3) is 0.118.